The Bertz CT molecular complexity index is 892. The lowest BCUT2D eigenvalue weighted by Gasteiger charge is -2.17. The van der Waals surface area contributed by atoms with Crippen LogP contribution in [0.5, 0.6) is 0 Å². The van der Waals surface area contributed by atoms with Crippen molar-refractivity contribution in [1.29, 1.82) is 0 Å². The van der Waals surface area contributed by atoms with Crippen molar-refractivity contribution in [1.82, 2.24) is 14.9 Å². The number of amides is 1. The van der Waals surface area contributed by atoms with Crippen LogP contribution in [-0.4, -0.2) is 45.6 Å². The van der Waals surface area contributed by atoms with Gasteiger partial charge in [-0.3, -0.25) is 14.8 Å². The number of likely N-dealkylation sites (tertiary alicyclic amines) is 1. The van der Waals surface area contributed by atoms with Crippen molar-refractivity contribution >= 4 is 16.7 Å². The van der Waals surface area contributed by atoms with E-state index in [1.165, 1.54) is 0 Å². The number of nitrogens with zero attached hydrogens (tertiary/aromatic N) is 3. The maximum Gasteiger partial charge on any atom is 0.273 e. The minimum Gasteiger partial charge on any atom is -0.396 e. The van der Waals surface area contributed by atoms with Gasteiger partial charge in [0, 0.05) is 55.0 Å². The predicted octanol–water partition coefficient (Wildman–Crippen LogP) is 2.48. The Kier molecular flexibility index (Phi) is 4.15. The lowest BCUT2D eigenvalue weighted by Crippen LogP contribution is -2.30. The largest absolute Gasteiger partial charge is 0.396 e. The molecule has 1 aliphatic heterocycles. The van der Waals surface area contributed by atoms with E-state index >= 15 is 0 Å². The lowest BCUT2D eigenvalue weighted by atomic mass is 9.93. The molecule has 5 heteroatoms. The SMILES string of the molecule is O=C(c1nccc2ccccc12)N1C[C@@H](CO)[C@H](c2ccccn2)C1. The summed E-state index contributed by atoms with van der Waals surface area (Å²) in [6.45, 7) is 1.10. The van der Waals surface area contributed by atoms with E-state index in [9.17, 15) is 9.90 Å². The molecule has 3 heterocycles. The van der Waals surface area contributed by atoms with Gasteiger partial charge in [0.15, 0.2) is 0 Å². The first-order valence-electron chi connectivity index (χ1n) is 8.42. The fourth-order valence-corrected chi connectivity index (χ4v) is 3.59. The van der Waals surface area contributed by atoms with Crippen molar-refractivity contribution in [3.8, 4) is 0 Å². The zero-order valence-corrected chi connectivity index (χ0v) is 13.7. The van der Waals surface area contributed by atoms with Gasteiger partial charge in [0.1, 0.15) is 5.69 Å². The second kappa shape index (κ2) is 6.61. The molecule has 5 nitrogen and oxygen atoms in total. The van der Waals surface area contributed by atoms with Crippen molar-refractivity contribution in [2.24, 2.45) is 5.92 Å². The Morgan fingerprint density at radius 2 is 1.88 bits per heavy atom. The molecular weight excluding hydrogens is 314 g/mol. The van der Waals surface area contributed by atoms with E-state index < -0.39 is 0 Å². The van der Waals surface area contributed by atoms with Gasteiger partial charge in [-0.25, -0.2) is 0 Å². The summed E-state index contributed by atoms with van der Waals surface area (Å²) in [7, 11) is 0. The summed E-state index contributed by atoms with van der Waals surface area (Å²) in [6, 6.07) is 15.4. The second-order valence-corrected chi connectivity index (χ2v) is 6.39. The number of pyridine rings is 2. The highest BCUT2D eigenvalue weighted by molar-refractivity contribution is 6.05. The van der Waals surface area contributed by atoms with Crippen LogP contribution in [0.3, 0.4) is 0 Å². The number of aromatic nitrogens is 2. The molecule has 0 spiro atoms. The fraction of sp³-hybridized carbons (Fsp3) is 0.250. The van der Waals surface area contributed by atoms with E-state index in [1.54, 1.807) is 17.3 Å². The molecule has 1 amide bonds. The Hall–Kier alpha value is -2.79. The van der Waals surface area contributed by atoms with Crippen LogP contribution >= 0.6 is 0 Å². The minimum atomic E-state index is -0.0892. The highest BCUT2D eigenvalue weighted by atomic mass is 16.3. The van der Waals surface area contributed by atoms with Crippen LogP contribution in [0.15, 0.2) is 60.9 Å². The first kappa shape index (κ1) is 15.7. The summed E-state index contributed by atoms with van der Waals surface area (Å²) in [4.78, 5) is 23.6. The van der Waals surface area contributed by atoms with Crippen LogP contribution in [-0.2, 0) is 0 Å². The third-order valence-electron chi connectivity index (χ3n) is 4.91. The molecule has 2 aromatic heterocycles. The topological polar surface area (TPSA) is 66.3 Å². The van der Waals surface area contributed by atoms with E-state index in [1.807, 2.05) is 48.5 Å². The standard InChI is InChI=1S/C20H19N3O2/c24-13-15-11-23(12-17(15)18-7-3-4-9-21-18)20(25)19-16-6-2-1-5-14(16)8-10-22-19/h1-10,15,17,24H,11-13H2/t15-,17+/m0/s1. The number of hydrogen-bond acceptors (Lipinski definition) is 4. The van der Waals surface area contributed by atoms with Gasteiger partial charge >= 0.3 is 0 Å². The Labute approximate surface area is 146 Å². The number of benzene rings is 1. The number of hydrogen-bond donors (Lipinski definition) is 1. The molecule has 4 rings (SSSR count). The van der Waals surface area contributed by atoms with Gasteiger partial charge in [0.25, 0.3) is 5.91 Å². The van der Waals surface area contributed by atoms with Gasteiger partial charge in [-0.05, 0) is 23.6 Å². The molecular formula is C20H19N3O2. The van der Waals surface area contributed by atoms with Gasteiger partial charge in [-0.1, -0.05) is 30.3 Å². The first-order chi connectivity index (χ1) is 12.3. The Morgan fingerprint density at radius 3 is 2.68 bits per heavy atom. The Morgan fingerprint density at radius 1 is 1.04 bits per heavy atom. The predicted molar refractivity (Wildman–Crippen MR) is 95.2 cm³/mol. The van der Waals surface area contributed by atoms with E-state index in [2.05, 4.69) is 9.97 Å². The number of aliphatic hydroxyl groups excluding tert-OH is 1. The average molecular weight is 333 g/mol. The van der Waals surface area contributed by atoms with Gasteiger partial charge in [0.05, 0.1) is 0 Å². The molecule has 0 aliphatic carbocycles. The number of carbonyl (C=O) groups is 1. The third kappa shape index (κ3) is 2.87. The molecule has 25 heavy (non-hydrogen) atoms. The quantitative estimate of drug-likeness (QED) is 0.800. The van der Waals surface area contributed by atoms with Crippen LogP contribution in [0.1, 0.15) is 22.1 Å². The number of rotatable bonds is 3. The average Bonchev–Trinajstić information content (AvgIpc) is 3.12. The molecule has 1 aliphatic rings. The lowest BCUT2D eigenvalue weighted by molar-refractivity contribution is 0.0777. The zero-order valence-electron chi connectivity index (χ0n) is 13.7. The van der Waals surface area contributed by atoms with Crippen LogP contribution in [0.4, 0.5) is 0 Å². The zero-order chi connectivity index (χ0) is 17.2. The summed E-state index contributed by atoms with van der Waals surface area (Å²) in [5.41, 5.74) is 1.39. The number of carbonyl (C=O) groups excluding carboxylic acids is 1. The highest BCUT2D eigenvalue weighted by Gasteiger charge is 2.37. The summed E-state index contributed by atoms with van der Waals surface area (Å²) >= 11 is 0. The summed E-state index contributed by atoms with van der Waals surface area (Å²) < 4.78 is 0. The van der Waals surface area contributed by atoms with Crippen LogP contribution in [0.2, 0.25) is 0 Å². The molecule has 0 radical (unpaired) electrons. The van der Waals surface area contributed by atoms with Crippen molar-refractivity contribution in [2.45, 2.75) is 5.92 Å². The fourth-order valence-electron chi connectivity index (χ4n) is 3.59. The maximum atomic E-state index is 13.1. The normalized spacial score (nSPS) is 20.1. The van der Waals surface area contributed by atoms with E-state index in [0.29, 0.717) is 18.8 Å². The number of aliphatic hydroxyl groups is 1. The van der Waals surface area contributed by atoms with E-state index in [4.69, 9.17) is 0 Å². The van der Waals surface area contributed by atoms with E-state index in [-0.39, 0.29) is 24.3 Å². The first-order valence-corrected chi connectivity index (χ1v) is 8.42. The van der Waals surface area contributed by atoms with Crippen LogP contribution in [0.25, 0.3) is 10.8 Å². The van der Waals surface area contributed by atoms with Gasteiger partial charge in [-0.2, -0.15) is 0 Å². The van der Waals surface area contributed by atoms with Crippen molar-refractivity contribution in [3.05, 3.63) is 72.3 Å². The molecule has 3 aromatic rings. The van der Waals surface area contributed by atoms with Crippen LogP contribution in [0, 0.1) is 5.92 Å². The third-order valence-corrected chi connectivity index (χ3v) is 4.91. The van der Waals surface area contributed by atoms with Gasteiger partial charge < -0.3 is 10.0 Å². The van der Waals surface area contributed by atoms with Gasteiger partial charge in [0.2, 0.25) is 0 Å². The molecule has 2 atom stereocenters. The van der Waals surface area contributed by atoms with Crippen molar-refractivity contribution in [3.63, 3.8) is 0 Å². The van der Waals surface area contributed by atoms with Crippen molar-refractivity contribution < 1.29 is 9.90 Å². The summed E-state index contributed by atoms with van der Waals surface area (Å²) in [5, 5.41) is 11.6. The molecule has 1 aromatic carbocycles. The molecule has 1 fully saturated rings. The molecule has 0 unspecified atom stereocenters. The van der Waals surface area contributed by atoms with Crippen LogP contribution < -0.4 is 0 Å². The monoisotopic (exact) mass is 333 g/mol. The van der Waals surface area contributed by atoms with Crippen molar-refractivity contribution in [2.75, 3.05) is 19.7 Å². The molecule has 1 saturated heterocycles. The van der Waals surface area contributed by atoms with Gasteiger partial charge in [-0.15, -0.1) is 0 Å². The number of fused-ring (bicyclic) bond motifs is 1. The Balaban J connectivity index is 1.65. The molecule has 1 N–H and O–H groups in total. The smallest absolute Gasteiger partial charge is 0.273 e. The molecule has 0 saturated carbocycles. The summed E-state index contributed by atoms with van der Waals surface area (Å²) in [5.74, 6) is -0.0485. The molecule has 0 bridgehead atoms. The second-order valence-electron chi connectivity index (χ2n) is 6.39. The highest BCUT2D eigenvalue weighted by Crippen LogP contribution is 2.32. The molecule has 126 valence electrons. The maximum absolute atomic E-state index is 13.1. The van der Waals surface area contributed by atoms with E-state index in [0.717, 1.165) is 16.5 Å². The summed E-state index contributed by atoms with van der Waals surface area (Å²) in [6.07, 6.45) is 3.42. The minimum absolute atomic E-state index is 0.00572.